The number of carbonyl (C=O) groups is 1. The molecule has 122 valence electrons. The fourth-order valence-electron chi connectivity index (χ4n) is 2.69. The van der Waals surface area contributed by atoms with Gasteiger partial charge < -0.3 is 15.5 Å². The molecule has 1 aromatic carbocycles. The zero-order valence-electron chi connectivity index (χ0n) is 13.1. The van der Waals surface area contributed by atoms with Gasteiger partial charge in [-0.25, -0.2) is 4.39 Å². The van der Waals surface area contributed by atoms with E-state index in [1.807, 2.05) is 17.0 Å². The summed E-state index contributed by atoms with van der Waals surface area (Å²) < 4.78 is 13.4. The summed E-state index contributed by atoms with van der Waals surface area (Å²) in [4.78, 5) is 13.4. The van der Waals surface area contributed by atoms with Crippen molar-refractivity contribution in [1.29, 1.82) is 0 Å². The number of nitrogens with zero attached hydrogens (tertiary/aromatic N) is 1. The predicted molar refractivity (Wildman–Crippen MR) is 86.3 cm³/mol. The lowest BCUT2D eigenvalue weighted by Crippen LogP contribution is -2.32. The third kappa shape index (κ3) is 5.73. The molecule has 1 fully saturated rings. The minimum atomic E-state index is -0.126. The van der Waals surface area contributed by atoms with Gasteiger partial charge >= 0.3 is 0 Å². The third-order valence-corrected chi connectivity index (χ3v) is 3.96. The highest BCUT2D eigenvalue weighted by molar-refractivity contribution is 5.77. The number of benzene rings is 1. The first kappa shape index (κ1) is 16.9. The van der Waals surface area contributed by atoms with Crippen molar-refractivity contribution in [1.82, 2.24) is 15.5 Å². The van der Waals surface area contributed by atoms with Gasteiger partial charge in [-0.3, -0.25) is 4.79 Å². The third-order valence-electron chi connectivity index (χ3n) is 3.96. The number of hydrogen-bond acceptors (Lipinski definition) is 3. The molecule has 2 rings (SSSR count). The molecule has 1 saturated heterocycles. The Hall–Kier alpha value is -1.46. The average molecular weight is 307 g/mol. The lowest BCUT2D eigenvalue weighted by molar-refractivity contribution is -0.127. The summed E-state index contributed by atoms with van der Waals surface area (Å²) in [7, 11) is 0. The van der Waals surface area contributed by atoms with E-state index >= 15 is 0 Å². The molecule has 1 aliphatic rings. The van der Waals surface area contributed by atoms with Crippen molar-refractivity contribution in [3.05, 3.63) is 35.6 Å². The second-order valence-corrected chi connectivity index (χ2v) is 5.68. The first-order valence-corrected chi connectivity index (χ1v) is 8.20. The summed E-state index contributed by atoms with van der Waals surface area (Å²) in [5, 5.41) is 6.67. The van der Waals surface area contributed by atoms with Crippen LogP contribution in [0.25, 0.3) is 0 Å². The minimum absolute atomic E-state index is 0.126. The Kier molecular flexibility index (Phi) is 7.33. The normalized spacial score (nSPS) is 14.8. The summed E-state index contributed by atoms with van der Waals surface area (Å²) >= 11 is 0. The van der Waals surface area contributed by atoms with Gasteiger partial charge in [0.15, 0.2) is 0 Å². The molecule has 0 aromatic heterocycles. The smallest absolute Gasteiger partial charge is 0.222 e. The van der Waals surface area contributed by atoms with Crippen LogP contribution in [-0.4, -0.2) is 50.1 Å². The average Bonchev–Trinajstić information content (AvgIpc) is 2.92. The standard InChI is InChI=1S/C17H26FN3O/c18-16-6-2-1-5-15(16)8-10-20-12-11-19-9-4-14-21-13-3-7-17(21)22/h1-2,5-6,19-20H,3-4,7-14H2. The molecule has 1 aliphatic heterocycles. The zero-order chi connectivity index (χ0) is 15.6. The fraction of sp³-hybridized carbons (Fsp3) is 0.588. The number of halogens is 1. The highest BCUT2D eigenvalue weighted by atomic mass is 19.1. The van der Waals surface area contributed by atoms with Crippen molar-refractivity contribution < 1.29 is 9.18 Å². The van der Waals surface area contributed by atoms with Crippen LogP contribution in [0.15, 0.2) is 24.3 Å². The highest BCUT2D eigenvalue weighted by Crippen LogP contribution is 2.09. The maximum Gasteiger partial charge on any atom is 0.222 e. The van der Waals surface area contributed by atoms with Gasteiger partial charge in [-0.05, 0) is 44.0 Å². The molecule has 4 nitrogen and oxygen atoms in total. The molecule has 2 N–H and O–H groups in total. The minimum Gasteiger partial charge on any atom is -0.343 e. The summed E-state index contributed by atoms with van der Waals surface area (Å²) in [6.45, 7) is 5.27. The molecule has 0 saturated carbocycles. The summed E-state index contributed by atoms with van der Waals surface area (Å²) in [6, 6.07) is 6.91. The quantitative estimate of drug-likeness (QED) is 0.645. The molecule has 0 atom stereocenters. The van der Waals surface area contributed by atoms with E-state index in [0.717, 1.165) is 64.1 Å². The Labute approximate surface area is 132 Å². The van der Waals surface area contributed by atoms with Crippen molar-refractivity contribution in [3.8, 4) is 0 Å². The molecule has 1 heterocycles. The summed E-state index contributed by atoms with van der Waals surface area (Å²) in [5.74, 6) is 0.175. The van der Waals surface area contributed by atoms with Crippen LogP contribution >= 0.6 is 0 Å². The second kappa shape index (κ2) is 9.54. The summed E-state index contributed by atoms with van der Waals surface area (Å²) in [6.07, 6.45) is 3.45. The number of nitrogens with one attached hydrogen (secondary N) is 2. The maximum atomic E-state index is 13.4. The number of rotatable bonds is 10. The topological polar surface area (TPSA) is 44.4 Å². The largest absolute Gasteiger partial charge is 0.343 e. The first-order valence-electron chi connectivity index (χ1n) is 8.20. The molecule has 0 spiro atoms. The Balaban J connectivity index is 1.41. The molecular formula is C17H26FN3O. The predicted octanol–water partition coefficient (Wildman–Crippen LogP) is 1.56. The highest BCUT2D eigenvalue weighted by Gasteiger charge is 2.18. The molecule has 22 heavy (non-hydrogen) atoms. The monoisotopic (exact) mass is 307 g/mol. The Morgan fingerprint density at radius 3 is 2.59 bits per heavy atom. The lowest BCUT2D eigenvalue weighted by atomic mass is 10.1. The van der Waals surface area contributed by atoms with Gasteiger partial charge in [0.1, 0.15) is 5.82 Å². The molecular weight excluding hydrogens is 281 g/mol. The van der Waals surface area contributed by atoms with E-state index in [9.17, 15) is 9.18 Å². The van der Waals surface area contributed by atoms with Crippen molar-refractivity contribution in [2.45, 2.75) is 25.7 Å². The molecule has 0 radical (unpaired) electrons. The van der Waals surface area contributed by atoms with E-state index in [2.05, 4.69) is 10.6 Å². The van der Waals surface area contributed by atoms with Gasteiger partial charge in [0.2, 0.25) is 5.91 Å². The second-order valence-electron chi connectivity index (χ2n) is 5.68. The molecule has 0 bridgehead atoms. The zero-order valence-corrected chi connectivity index (χ0v) is 13.1. The lowest BCUT2D eigenvalue weighted by Gasteiger charge is -2.15. The SMILES string of the molecule is O=C1CCCN1CCCNCCNCCc1ccccc1F. The van der Waals surface area contributed by atoms with Gasteiger partial charge in [0, 0.05) is 32.6 Å². The number of carbonyl (C=O) groups excluding carboxylic acids is 1. The molecule has 5 heteroatoms. The van der Waals surface area contributed by atoms with Gasteiger partial charge in [-0.2, -0.15) is 0 Å². The number of amides is 1. The van der Waals surface area contributed by atoms with Crippen molar-refractivity contribution in [3.63, 3.8) is 0 Å². The number of hydrogen-bond donors (Lipinski definition) is 2. The van der Waals surface area contributed by atoms with Crippen LogP contribution in [0.4, 0.5) is 4.39 Å². The van der Waals surface area contributed by atoms with E-state index in [4.69, 9.17) is 0 Å². The van der Waals surface area contributed by atoms with Crippen molar-refractivity contribution >= 4 is 5.91 Å². The van der Waals surface area contributed by atoms with Gasteiger partial charge in [0.25, 0.3) is 0 Å². The van der Waals surface area contributed by atoms with E-state index in [1.54, 1.807) is 6.07 Å². The van der Waals surface area contributed by atoms with Crippen LogP contribution in [0.1, 0.15) is 24.8 Å². The van der Waals surface area contributed by atoms with E-state index < -0.39 is 0 Å². The molecule has 1 aromatic rings. The number of likely N-dealkylation sites (tertiary alicyclic amines) is 1. The molecule has 0 unspecified atom stereocenters. The van der Waals surface area contributed by atoms with Crippen molar-refractivity contribution in [2.75, 3.05) is 39.3 Å². The van der Waals surface area contributed by atoms with Gasteiger partial charge in [-0.1, -0.05) is 18.2 Å². The van der Waals surface area contributed by atoms with Crippen LogP contribution in [0.5, 0.6) is 0 Å². The Morgan fingerprint density at radius 1 is 1.09 bits per heavy atom. The molecule has 1 amide bonds. The Bertz CT molecular complexity index is 467. The fourth-order valence-corrected chi connectivity index (χ4v) is 2.69. The van der Waals surface area contributed by atoms with Crippen LogP contribution < -0.4 is 10.6 Å². The van der Waals surface area contributed by atoms with E-state index in [1.165, 1.54) is 6.07 Å². The van der Waals surface area contributed by atoms with E-state index in [0.29, 0.717) is 12.3 Å². The molecule has 0 aliphatic carbocycles. The van der Waals surface area contributed by atoms with Gasteiger partial charge in [0.05, 0.1) is 0 Å². The van der Waals surface area contributed by atoms with E-state index in [-0.39, 0.29) is 5.82 Å². The summed E-state index contributed by atoms with van der Waals surface area (Å²) in [5.41, 5.74) is 0.762. The van der Waals surface area contributed by atoms with Crippen LogP contribution in [0.3, 0.4) is 0 Å². The Morgan fingerprint density at radius 2 is 1.86 bits per heavy atom. The maximum absolute atomic E-state index is 13.4. The van der Waals surface area contributed by atoms with Gasteiger partial charge in [-0.15, -0.1) is 0 Å². The van der Waals surface area contributed by atoms with Crippen molar-refractivity contribution in [2.24, 2.45) is 0 Å². The van der Waals surface area contributed by atoms with Crippen LogP contribution in [0, 0.1) is 5.82 Å². The van der Waals surface area contributed by atoms with Crippen LogP contribution in [0.2, 0.25) is 0 Å². The van der Waals surface area contributed by atoms with Crippen LogP contribution in [-0.2, 0) is 11.2 Å². The first-order chi connectivity index (χ1) is 10.8.